The Hall–Kier alpha value is -2.70. The van der Waals surface area contributed by atoms with Gasteiger partial charge in [-0.05, 0) is 31.5 Å². The lowest BCUT2D eigenvalue weighted by atomic mass is 10.2. The molecule has 0 unspecified atom stereocenters. The van der Waals surface area contributed by atoms with Crippen molar-refractivity contribution in [3.05, 3.63) is 47.5 Å². The van der Waals surface area contributed by atoms with Crippen LogP contribution in [0.4, 0.5) is 10.2 Å². The van der Waals surface area contributed by atoms with Crippen molar-refractivity contribution < 1.29 is 23.2 Å². The van der Waals surface area contributed by atoms with Crippen LogP contribution in [0.25, 0.3) is 0 Å². The molecule has 2 rings (SSSR count). The third-order valence-corrected chi connectivity index (χ3v) is 2.85. The Morgan fingerprint density at radius 3 is 2.77 bits per heavy atom. The first-order chi connectivity index (χ1) is 10.5. The number of aromatic nitrogens is 1. The largest absolute Gasteiger partial charge is 0.449 e. The highest BCUT2D eigenvalue weighted by molar-refractivity contribution is 5.97. The minimum absolute atomic E-state index is 0.0449. The number of aryl methyl sites for hydroxylation is 1. The monoisotopic (exact) mass is 306 g/mol. The molecule has 22 heavy (non-hydrogen) atoms. The normalized spacial score (nSPS) is 11.8. The molecule has 1 N–H and O–H groups in total. The summed E-state index contributed by atoms with van der Waals surface area (Å²) in [7, 11) is 0. The maximum atomic E-state index is 13.1. The molecule has 0 spiro atoms. The fourth-order valence-corrected chi connectivity index (χ4v) is 1.77. The average molecular weight is 306 g/mol. The summed E-state index contributed by atoms with van der Waals surface area (Å²) in [5.41, 5.74) is 0.0449. The Kier molecular flexibility index (Phi) is 4.88. The number of carbonyl (C=O) groups is 2. The van der Waals surface area contributed by atoms with E-state index in [1.165, 1.54) is 18.2 Å². The molecule has 0 saturated heterocycles. The van der Waals surface area contributed by atoms with Crippen molar-refractivity contribution in [2.45, 2.75) is 26.4 Å². The predicted octanol–water partition coefficient (Wildman–Crippen LogP) is 2.70. The van der Waals surface area contributed by atoms with E-state index >= 15 is 0 Å². The number of rotatable bonds is 5. The first-order valence-electron chi connectivity index (χ1n) is 6.70. The zero-order chi connectivity index (χ0) is 16.1. The molecule has 0 saturated carbocycles. The molecule has 0 aliphatic heterocycles. The maximum Gasteiger partial charge on any atom is 0.339 e. The molecule has 0 bridgehead atoms. The average Bonchev–Trinajstić information content (AvgIpc) is 2.89. The van der Waals surface area contributed by atoms with E-state index in [1.54, 1.807) is 19.9 Å². The molecule has 1 aromatic carbocycles. The Balaban J connectivity index is 2.02. The van der Waals surface area contributed by atoms with Crippen LogP contribution in [0.3, 0.4) is 0 Å². The first-order valence-corrected chi connectivity index (χ1v) is 6.70. The molecular weight excluding hydrogens is 291 g/mol. The van der Waals surface area contributed by atoms with Crippen molar-refractivity contribution >= 4 is 17.7 Å². The summed E-state index contributed by atoms with van der Waals surface area (Å²) in [4.78, 5) is 24.0. The van der Waals surface area contributed by atoms with Gasteiger partial charge in [0.05, 0.1) is 5.56 Å². The van der Waals surface area contributed by atoms with Crippen LogP contribution in [0.15, 0.2) is 34.9 Å². The summed E-state index contributed by atoms with van der Waals surface area (Å²) in [5.74, 6) is -1.06. The zero-order valence-electron chi connectivity index (χ0n) is 12.1. The third kappa shape index (κ3) is 3.91. The van der Waals surface area contributed by atoms with Crippen molar-refractivity contribution in [1.82, 2.24) is 5.16 Å². The standard InChI is InChI=1S/C15H15FN2O4/c1-3-12(14(19)17-13-7-9(2)22-18-13)21-15(20)10-5-4-6-11(16)8-10/h4-8,12H,3H2,1-2H3,(H,17,18,19)/t12-/m0/s1. The molecule has 0 fully saturated rings. The molecule has 0 aliphatic rings. The van der Waals surface area contributed by atoms with Gasteiger partial charge in [0.25, 0.3) is 5.91 Å². The molecule has 6 nitrogen and oxygen atoms in total. The third-order valence-electron chi connectivity index (χ3n) is 2.85. The van der Waals surface area contributed by atoms with Gasteiger partial charge in [0.2, 0.25) is 0 Å². The second-order valence-electron chi connectivity index (χ2n) is 4.62. The van der Waals surface area contributed by atoms with E-state index in [2.05, 4.69) is 10.5 Å². The van der Waals surface area contributed by atoms with E-state index in [1.807, 2.05) is 0 Å². The van der Waals surface area contributed by atoms with E-state index in [9.17, 15) is 14.0 Å². The lowest BCUT2D eigenvalue weighted by Crippen LogP contribution is -2.32. The SMILES string of the molecule is CC[C@H](OC(=O)c1cccc(F)c1)C(=O)Nc1cc(C)on1. The number of nitrogens with one attached hydrogen (secondary N) is 1. The van der Waals surface area contributed by atoms with Gasteiger partial charge < -0.3 is 14.6 Å². The number of ether oxygens (including phenoxy) is 1. The Morgan fingerprint density at radius 2 is 2.18 bits per heavy atom. The van der Waals surface area contributed by atoms with Crippen LogP contribution in [0, 0.1) is 12.7 Å². The van der Waals surface area contributed by atoms with E-state index in [4.69, 9.17) is 9.26 Å². The summed E-state index contributed by atoms with van der Waals surface area (Å²) in [6.45, 7) is 3.38. The molecule has 1 aromatic heterocycles. The Morgan fingerprint density at radius 1 is 1.41 bits per heavy atom. The molecule has 0 aliphatic carbocycles. The van der Waals surface area contributed by atoms with Crippen molar-refractivity contribution in [3.8, 4) is 0 Å². The first kappa shape index (κ1) is 15.7. The maximum absolute atomic E-state index is 13.1. The molecule has 7 heteroatoms. The number of nitrogens with zero attached hydrogens (tertiary/aromatic N) is 1. The van der Waals surface area contributed by atoms with Crippen molar-refractivity contribution in [1.29, 1.82) is 0 Å². The quantitative estimate of drug-likeness (QED) is 0.859. The Labute approximate surface area is 126 Å². The molecule has 2 aromatic rings. The number of hydrogen-bond acceptors (Lipinski definition) is 5. The number of anilines is 1. The van der Waals surface area contributed by atoms with E-state index in [-0.39, 0.29) is 17.8 Å². The summed E-state index contributed by atoms with van der Waals surface area (Å²) >= 11 is 0. The summed E-state index contributed by atoms with van der Waals surface area (Å²) in [6.07, 6.45) is -0.739. The second-order valence-corrected chi connectivity index (χ2v) is 4.62. The summed E-state index contributed by atoms with van der Waals surface area (Å²) < 4.78 is 23.0. The van der Waals surface area contributed by atoms with Gasteiger partial charge in [-0.1, -0.05) is 18.1 Å². The minimum atomic E-state index is -1.01. The highest BCUT2D eigenvalue weighted by Crippen LogP contribution is 2.12. The van der Waals surface area contributed by atoms with Gasteiger partial charge in [0.15, 0.2) is 11.9 Å². The minimum Gasteiger partial charge on any atom is -0.449 e. The second kappa shape index (κ2) is 6.84. The number of hydrogen-bond donors (Lipinski definition) is 1. The number of amides is 1. The number of halogens is 1. The summed E-state index contributed by atoms with van der Waals surface area (Å²) in [6, 6.07) is 6.61. The van der Waals surface area contributed by atoms with Crippen molar-refractivity contribution in [2.75, 3.05) is 5.32 Å². The van der Waals surface area contributed by atoms with Gasteiger partial charge in [-0.3, -0.25) is 4.79 Å². The van der Waals surface area contributed by atoms with Crippen LogP contribution in [0.5, 0.6) is 0 Å². The topological polar surface area (TPSA) is 81.4 Å². The van der Waals surface area contributed by atoms with E-state index in [0.717, 1.165) is 6.07 Å². The molecule has 1 heterocycles. The summed E-state index contributed by atoms with van der Waals surface area (Å²) in [5, 5.41) is 6.11. The lowest BCUT2D eigenvalue weighted by Gasteiger charge is -2.15. The number of benzene rings is 1. The molecule has 1 amide bonds. The van der Waals surface area contributed by atoms with Gasteiger partial charge >= 0.3 is 5.97 Å². The van der Waals surface area contributed by atoms with Gasteiger partial charge in [-0.15, -0.1) is 0 Å². The van der Waals surface area contributed by atoms with Crippen LogP contribution in [0.2, 0.25) is 0 Å². The lowest BCUT2D eigenvalue weighted by molar-refractivity contribution is -0.124. The van der Waals surface area contributed by atoms with Gasteiger partial charge in [0, 0.05) is 6.07 Å². The van der Waals surface area contributed by atoms with Crippen LogP contribution < -0.4 is 5.32 Å². The zero-order valence-corrected chi connectivity index (χ0v) is 12.1. The van der Waals surface area contributed by atoms with Crippen molar-refractivity contribution in [3.63, 3.8) is 0 Å². The van der Waals surface area contributed by atoms with Crippen LogP contribution in [-0.4, -0.2) is 23.1 Å². The fraction of sp³-hybridized carbons (Fsp3) is 0.267. The van der Waals surface area contributed by atoms with Gasteiger partial charge in [0.1, 0.15) is 11.6 Å². The Bertz CT molecular complexity index is 684. The van der Waals surface area contributed by atoms with Gasteiger partial charge in [-0.2, -0.15) is 0 Å². The fourth-order valence-electron chi connectivity index (χ4n) is 1.77. The van der Waals surface area contributed by atoms with Crippen LogP contribution in [-0.2, 0) is 9.53 Å². The molecular formula is C15H15FN2O4. The van der Waals surface area contributed by atoms with E-state index in [0.29, 0.717) is 5.76 Å². The predicted molar refractivity (Wildman–Crippen MR) is 75.8 cm³/mol. The highest BCUT2D eigenvalue weighted by Gasteiger charge is 2.23. The molecule has 1 atom stereocenters. The van der Waals surface area contributed by atoms with Gasteiger partial charge in [-0.25, -0.2) is 9.18 Å². The molecule has 116 valence electrons. The number of carbonyl (C=O) groups excluding carboxylic acids is 2. The van der Waals surface area contributed by atoms with E-state index < -0.39 is 23.8 Å². The smallest absolute Gasteiger partial charge is 0.339 e. The highest BCUT2D eigenvalue weighted by atomic mass is 19.1. The van der Waals surface area contributed by atoms with Crippen LogP contribution >= 0.6 is 0 Å². The molecule has 0 radical (unpaired) electrons. The van der Waals surface area contributed by atoms with Crippen molar-refractivity contribution in [2.24, 2.45) is 0 Å². The van der Waals surface area contributed by atoms with Crippen LogP contribution in [0.1, 0.15) is 29.5 Å². The number of esters is 1.